The first-order valence-electron chi connectivity index (χ1n) is 9.30. The Bertz CT molecular complexity index is 951. The van der Waals surface area contributed by atoms with Crippen LogP contribution in [-0.4, -0.2) is 28.8 Å². The van der Waals surface area contributed by atoms with E-state index in [0.717, 1.165) is 11.3 Å². The van der Waals surface area contributed by atoms with Crippen molar-refractivity contribution in [3.05, 3.63) is 58.9 Å². The lowest BCUT2D eigenvalue weighted by Crippen LogP contribution is -2.21. The third kappa shape index (κ3) is 4.57. The van der Waals surface area contributed by atoms with Gasteiger partial charge >= 0.3 is 5.97 Å². The Balaban J connectivity index is 1.55. The Hall–Kier alpha value is -3.15. The van der Waals surface area contributed by atoms with E-state index in [4.69, 9.17) is 4.74 Å². The largest absolute Gasteiger partial charge is 0.452 e. The highest BCUT2D eigenvalue weighted by Gasteiger charge is 2.26. The number of ether oxygens (including phenoxy) is 1. The number of aromatic nitrogens is 1. The van der Waals surface area contributed by atoms with Gasteiger partial charge in [-0.1, -0.05) is 12.1 Å². The summed E-state index contributed by atoms with van der Waals surface area (Å²) in [6, 6.07) is 9.32. The van der Waals surface area contributed by atoms with E-state index in [9.17, 15) is 14.4 Å². The van der Waals surface area contributed by atoms with E-state index < -0.39 is 18.5 Å². The van der Waals surface area contributed by atoms with Gasteiger partial charge in [0.05, 0.1) is 5.69 Å². The minimum Gasteiger partial charge on any atom is -0.452 e. The van der Waals surface area contributed by atoms with E-state index in [1.165, 1.54) is 31.5 Å². The molecule has 0 radical (unpaired) electrons. The summed E-state index contributed by atoms with van der Waals surface area (Å²) in [7, 11) is 0. The number of benzene rings is 1. The van der Waals surface area contributed by atoms with Crippen molar-refractivity contribution >= 4 is 29.4 Å². The molecule has 0 spiro atoms. The summed E-state index contributed by atoms with van der Waals surface area (Å²) in [5, 5.41) is 2.60. The molecular weight excluding hydrogens is 356 g/mol. The normalized spacial score (nSPS) is 13.5. The van der Waals surface area contributed by atoms with Crippen LogP contribution < -0.4 is 5.32 Å². The molecular formula is C22H24N2O4. The maximum absolute atomic E-state index is 12.0. The van der Waals surface area contributed by atoms with Crippen molar-refractivity contribution in [2.75, 3.05) is 11.9 Å². The van der Waals surface area contributed by atoms with Gasteiger partial charge in [0.15, 0.2) is 12.4 Å². The van der Waals surface area contributed by atoms with Gasteiger partial charge in [-0.25, -0.2) is 4.79 Å². The Morgan fingerprint density at radius 1 is 1.21 bits per heavy atom. The molecule has 1 amide bonds. The van der Waals surface area contributed by atoms with E-state index in [1.807, 2.05) is 13.0 Å². The third-order valence-electron chi connectivity index (χ3n) is 4.76. The smallest absolute Gasteiger partial charge is 0.331 e. The number of para-hydroxylation sites is 1. The van der Waals surface area contributed by atoms with Crippen molar-refractivity contribution in [3.8, 4) is 0 Å². The fourth-order valence-electron chi connectivity index (χ4n) is 3.29. The summed E-state index contributed by atoms with van der Waals surface area (Å²) >= 11 is 0. The summed E-state index contributed by atoms with van der Waals surface area (Å²) < 4.78 is 7.30. The quantitative estimate of drug-likeness (QED) is 0.450. The molecule has 1 N–H and O–H groups in total. The highest BCUT2D eigenvalue weighted by molar-refractivity contribution is 6.04. The van der Waals surface area contributed by atoms with Gasteiger partial charge in [-0.15, -0.1) is 0 Å². The number of nitrogens with zero attached hydrogens (tertiary/aromatic N) is 1. The second-order valence-electron chi connectivity index (χ2n) is 7.02. The van der Waals surface area contributed by atoms with Crippen molar-refractivity contribution in [2.24, 2.45) is 0 Å². The molecule has 1 fully saturated rings. The summed E-state index contributed by atoms with van der Waals surface area (Å²) in [5.41, 5.74) is 4.09. The van der Waals surface area contributed by atoms with E-state index in [1.54, 1.807) is 30.3 Å². The van der Waals surface area contributed by atoms with Crippen LogP contribution in [-0.2, 0) is 14.3 Å². The number of hydrogen-bond acceptors (Lipinski definition) is 4. The molecule has 146 valence electrons. The highest BCUT2D eigenvalue weighted by Crippen LogP contribution is 2.38. The van der Waals surface area contributed by atoms with Gasteiger partial charge in [-0.3, -0.25) is 9.59 Å². The van der Waals surface area contributed by atoms with Gasteiger partial charge in [-0.2, -0.15) is 0 Å². The molecule has 1 aromatic heterocycles. The minimum atomic E-state index is -0.591. The molecule has 0 saturated heterocycles. The van der Waals surface area contributed by atoms with Crippen LogP contribution in [0.5, 0.6) is 0 Å². The van der Waals surface area contributed by atoms with E-state index in [-0.39, 0.29) is 5.78 Å². The minimum absolute atomic E-state index is 0.153. The first-order valence-corrected chi connectivity index (χ1v) is 9.30. The Kier molecular flexibility index (Phi) is 5.78. The first-order chi connectivity index (χ1) is 13.4. The molecule has 0 bridgehead atoms. The summed E-state index contributed by atoms with van der Waals surface area (Å²) in [4.78, 5) is 35.6. The SMILES string of the molecule is CC(=O)c1ccccc1NC(=O)COC(=O)/C=C/c1cc(C)n(C2CC2)c1C. The summed E-state index contributed by atoms with van der Waals surface area (Å²) in [6.45, 7) is 5.10. The van der Waals surface area contributed by atoms with Crippen molar-refractivity contribution < 1.29 is 19.1 Å². The van der Waals surface area contributed by atoms with Crippen LogP contribution in [0, 0.1) is 13.8 Å². The van der Waals surface area contributed by atoms with Crippen molar-refractivity contribution in [3.63, 3.8) is 0 Å². The van der Waals surface area contributed by atoms with Crippen LogP contribution in [0.1, 0.15) is 53.1 Å². The fraction of sp³-hybridized carbons (Fsp3) is 0.318. The number of anilines is 1. The maximum Gasteiger partial charge on any atom is 0.331 e. The number of hydrogen-bond donors (Lipinski definition) is 1. The van der Waals surface area contributed by atoms with Crippen molar-refractivity contribution in [1.82, 2.24) is 4.57 Å². The second-order valence-corrected chi connectivity index (χ2v) is 7.02. The number of aryl methyl sites for hydroxylation is 1. The number of carbonyl (C=O) groups is 3. The van der Waals surface area contributed by atoms with Crippen molar-refractivity contribution in [2.45, 2.75) is 39.7 Å². The molecule has 28 heavy (non-hydrogen) atoms. The fourth-order valence-corrected chi connectivity index (χ4v) is 3.29. The standard InChI is InChI=1S/C22H24N2O4/c1-14-12-17(15(2)24(14)18-9-10-18)8-11-22(27)28-13-21(26)23-20-7-5-4-6-19(20)16(3)25/h4-8,11-12,18H,9-10,13H2,1-3H3,(H,23,26)/b11-8+. The summed E-state index contributed by atoms with van der Waals surface area (Å²) in [5.74, 6) is -1.24. The zero-order valence-electron chi connectivity index (χ0n) is 16.3. The third-order valence-corrected chi connectivity index (χ3v) is 4.76. The second kappa shape index (κ2) is 8.25. The predicted molar refractivity (Wildman–Crippen MR) is 107 cm³/mol. The van der Waals surface area contributed by atoms with Crippen LogP contribution in [0.25, 0.3) is 6.08 Å². The van der Waals surface area contributed by atoms with Crippen LogP contribution in [0.3, 0.4) is 0 Å². The highest BCUT2D eigenvalue weighted by atomic mass is 16.5. The molecule has 1 aromatic carbocycles. The molecule has 0 aliphatic heterocycles. The number of amides is 1. The molecule has 2 aromatic rings. The molecule has 3 rings (SSSR count). The van der Waals surface area contributed by atoms with Gasteiger partial charge in [0.25, 0.3) is 5.91 Å². The van der Waals surface area contributed by atoms with E-state index in [2.05, 4.69) is 16.8 Å². The topological polar surface area (TPSA) is 77.4 Å². The molecule has 0 unspecified atom stereocenters. The molecule has 1 saturated carbocycles. The molecule has 0 atom stereocenters. The molecule has 1 aliphatic carbocycles. The van der Waals surface area contributed by atoms with Gasteiger partial charge in [0, 0.05) is 29.1 Å². The number of Topliss-reactive ketones (excluding diaryl/α,β-unsaturated/α-hetero) is 1. The van der Waals surface area contributed by atoms with Crippen LogP contribution >= 0.6 is 0 Å². The van der Waals surface area contributed by atoms with E-state index >= 15 is 0 Å². The van der Waals surface area contributed by atoms with Gasteiger partial charge < -0.3 is 14.6 Å². The Morgan fingerprint density at radius 3 is 2.61 bits per heavy atom. The maximum atomic E-state index is 12.0. The zero-order valence-corrected chi connectivity index (χ0v) is 16.3. The number of carbonyl (C=O) groups excluding carboxylic acids is 3. The average molecular weight is 380 g/mol. The van der Waals surface area contributed by atoms with Gasteiger partial charge in [-0.05, 0) is 63.5 Å². The predicted octanol–water partition coefficient (Wildman–Crippen LogP) is 3.84. The molecule has 6 nitrogen and oxygen atoms in total. The molecule has 1 aliphatic rings. The van der Waals surface area contributed by atoms with Crippen molar-refractivity contribution in [1.29, 1.82) is 0 Å². The zero-order chi connectivity index (χ0) is 20.3. The average Bonchev–Trinajstić information content (AvgIpc) is 3.44. The lowest BCUT2D eigenvalue weighted by atomic mass is 10.1. The number of rotatable bonds is 7. The lowest BCUT2D eigenvalue weighted by molar-refractivity contribution is -0.142. The Morgan fingerprint density at radius 2 is 1.93 bits per heavy atom. The van der Waals surface area contributed by atoms with Gasteiger partial charge in [0.2, 0.25) is 0 Å². The van der Waals surface area contributed by atoms with Crippen LogP contribution in [0.15, 0.2) is 36.4 Å². The van der Waals surface area contributed by atoms with Crippen LogP contribution in [0.4, 0.5) is 5.69 Å². The van der Waals surface area contributed by atoms with E-state index in [0.29, 0.717) is 17.3 Å². The molecule has 1 heterocycles. The lowest BCUT2D eigenvalue weighted by Gasteiger charge is -2.08. The number of ketones is 1. The number of esters is 1. The summed E-state index contributed by atoms with van der Waals surface area (Å²) in [6.07, 6.45) is 5.44. The Labute approximate surface area is 164 Å². The first kappa shape index (κ1) is 19.6. The monoisotopic (exact) mass is 380 g/mol. The molecule has 6 heteroatoms. The van der Waals surface area contributed by atoms with Gasteiger partial charge in [0.1, 0.15) is 0 Å². The number of nitrogens with one attached hydrogen (secondary N) is 1. The van der Waals surface area contributed by atoms with Crippen LogP contribution in [0.2, 0.25) is 0 Å².